The van der Waals surface area contributed by atoms with E-state index in [1.54, 1.807) is 0 Å². The van der Waals surface area contributed by atoms with E-state index in [2.05, 4.69) is 48.2 Å². The van der Waals surface area contributed by atoms with Crippen molar-refractivity contribution in [2.24, 2.45) is 11.3 Å². The third-order valence-corrected chi connectivity index (χ3v) is 2.77. The summed E-state index contributed by atoms with van der Waals surface area (Å²) in [5, 5.41) is 9.65. The molecule has 0 aromatic carbocycles. The van der Waals surface area contributed by atoms with Crippen LogP contribution in [0.4, 0.5) is 11.9 Å². The Morgan fingerprint density at radius 2 is 2.14 bits per heavy atom. The number of aromatic amines is 1. The lowest BCUT2D eigenvalue weighted by atomic mass is 9.81. The van der Waals surface area contributed by atoms with Crippen molar-refractivity contribution in [2.45, 2.75) is 27.7 Å². The van der Waals surface area contributed by atoms with Crippen molar-refractivity contribution in [2.75, 3.05) is 17.6 Å². The number of hydrogen-bond acceptors (Lipinski definition) is 4. The third kappa shape index (κ3) is 2.61. The Kier molecular flexibility index (Phi) is 2.98. The second-order valence-corrected chi connectivity index (χ2v) is 4.54. The minimum Gasteiger partial charge on any atom is -0.368 e. The van der Waals surface area contributed by atoms with Crippen LogP contribution >= 0.6 is 0 Å². The predicted molar refractivity (Wildman–Crippen MR) is 57.9 cm³/mol. The van der Waals surface area contributed by atoms with E-state index in [0.717, 1.165) is 6.54 Å². The molecule has 80 valence electrons. The molecule has 1 heterocycles. The Balaban J connectivity index is 2.48. The fourth-order valence-corrected chi connectivity index (χ4v) is 0.864. The van der Waals surface area contributed by atoms with Gasteiger partial charge in [-0.2, -0.15) is 4.98 Å². The summed E-state index contributed by atoms with van der Waals surface area (Å²) in [5.74, 6) is 1.51. The SMILES string of the molecule is CC(C)C(C)(C)CNc1n[nH]c(N)n1. The van der Waals surface area contributed by atoms with Crippen LogP contribution in [0.15, 0.2) is 0 Å². The number of nitrogens with two attached hydrogens (primary N) is 1. The molecule has 0 spiro atoms. The Bertz CT molecular complexity index is 289. The zero-order valence-electron chi connectivity index (χ0n) is 9.26. The molecule has 0 radical (unpaired) electrons. The molecule has 0 atom stereocenters. The first-order valence-corrected chi connectivity index (χ1v) is 4.83. The average Bonchev–Trinajstić information content (AvgIpc) is 2.48. The van der Waals surface area contributed by atoms with Crippen molar-refractivity contribution in [3.8, 4) is 0 Å². The van der Waals surface area contributed by atoms with E-state index in [1.165, 1.54) is 0 Å². The van der Waals surface area contributed by atoms with Crippen molar-refractivity contribution >= 4 is 11.9 Å². The Hall–Kier alpha value is -1.26. The molecule has 0 aliphatic heterocycles. The summed E-state index contributed by atoms with van der Waals surface area (Å²) in [7, 11) is 0. The van der Waals surface area contributed by atoms with Gasteiger partial charge in [0, 0.05) is 6.54 Å². The van der Waals surface area contributed by atoms with Crippen LogP contribution in [-0.2, 0) is 0 Å². The van der Waals surface area contributed by atoms with E-state index in [-0.39, 0.29) is 5.41 Å². The van der Waals surface area contributed by atoms with Gasteiger partial charge >= 0.3 is 0 Å². The van der Waals surface area contributed by atoms with Crippen LogP contribution in [0.3, 0.4) is 0 Å². The molecular formula is C9H19N5. The first kappa shape index (κ1) is 10.8. The topological polar surface area (TPSA) is 79.6 Å². The third-order valence-electron chi connectivity index (χ3n) is 2.77. The molecule has 1 aromatic heterocycles. The van der Waals surface area contributed by atoms with Crippen LogP contribution in [0, 0.1) is 11.3 Å². The van der Waals surface area contributed by atoms with Crippen molar-refractivity contribution in [3.05, 3.63) is 0 Å². The van der Waals surface area contributed by atoms with Crippen LogP contribution in [0.2, 0.25) is 0 Å². The van der Waals surface area contributed by atoms with E-state index in [1.807, 2.05) is 0 Å². The fraction of sp³-hybridized carbons (Fsp3) is 0.778. The number of rotatable bonds is 4. The Labute approximate surface area is 84.5 Å². The zero-order valence-corrected chi connectivity index (χ0v) is 9.26. The molecule has 1 aromatic rings. The average molecular weight is 197 g/mol. The van der Waals surface area contributed by atoms with Crippen molar-refractivity contribution in [1.29, 1.82) is 0 Å². The minimum atomic E-state index is 0.218. The quantitative estimate of drug-likeness (QED) is 0.683. The molecule has 0 fully saturated rings. The van der Waals surface area contributed by atoms with E-state index in [4.69, 9.17) is 5.73 Å². The van der Waals surface area contributed by atoms with Gasteiger partial charge in [-0.25, -0.2) is 5.10 Å². The summed E-state index contributed by atoms with van der Waals surface area (Å²) in [6.45, 7) is 9.66. The second kappa shape index (κ2) is 3.86. The van der Waals surface area contributed by atoms with E-state index in [9.17, 15) is 0 Å². The van der Waals surface area contributed by atoms with Crippen molar-refractivity contribution < 1.29 is 0 Å². The molecule has 4 N–H and O–H groups in total. The van der Waals surface area contributed by atoms with Crippen LogP contribution in [-0.4, -0.2) is 21.7 Å². The second-order valence-electron chi connectivity index (χ2n) is 4.54. The van der Waals surface area contributed by atoms with Gasteiger partial charge in [0.15, 0.2) is 0 Å². The molecule has 0 bridgehead atoms. The molecule has 0 saturated heterocycles. The van der Waals surface area contributed by atoms with E-state index >= 15 is 0 Å². The molecule has 5 nitrogen and oxygen atoms in total. The highest BCUT2D eigenvalue weighted by Gasteiger charge is 2.22. The van der Waals surface area contributed by atoms with Gasteiger partial charge in [0.25, 0.3) is 0 Å². The fourth-order valence-electron chi connectivity index (χ4n) is 0.864. The van der Waals surface area contributed by atoms with Crippen molar-refractivity contribution in [1.82, 2.24) is 15.2 Å². The van der Waals surface area contributed by atoms with Crippen LogP contribution < -0.4 is 11.1 Å². The standard InChI is InChI=1S/C9H19N5/c1-6(2)9(3,4)5-11-8-12-7(10)13-14-8/h6H,5H2,1-4H3,(H4,10,11,12,13,14). The van der Waals surface area contributed by atoms with Gasteiger partial charge in [-0.1, -0.05) is 27.7 Å². The van der Waals surface area contributed by atoms with E-state index < -0.39 is 0 Å². The maximum atomic E-state index is 5.41. The highest BCUT2D eigenvalue weighted by molar-refractivity contribution is 5.29. The maximum Gasteiger partial charge on any atom is 0.243 e. The largest absolute Gasteiger partial charge is 0.368 e. The molecule has 14 heavy (non-hydrogen) atoms. The van der Waals surface area contributed by atoms with Gasteiger partial charge < -0.3 is 11.1 Å². The van der Waals surface area contributed by atoms with Gasteiger partial charge in [0.05, 0.1) is 0 Å². The zero-order chi connectivity index (χ0) is 10.8. The highest BCUT2D eigenvalue weighted by Crippen LogP contribution is 2.25. The van der Waals surface area contributed by atoms with Gasteiger partial charge in [-0.05, 0) is 11.3 Å². The smallest absolute Gasteiger partial charge is 0.243 e. The number of hydrogen-bond donors (Lipinski definition) is 3. The monoisotopic (exact) mass is 197 g/mol. The summed E-state index contributed by atoms with van der Waals surface area (Å²) in [4.78, 5) is 3.97. The molecule has 0 aliphatic rings. The van der Waals surface area contributed by atoms with E-state index in [0.29, 0.717) is 17.8 Å². The Morgan fingerprint density at radius 3 is 2.57 bits per heavy atom. The predicted octanol–water partition coefficient (Wildman–Crippen LogP) is 1.48. The van der Waals surface area contributed by atoms with Gasteiger partial charge in [0.1, 0.15) is 0 Å². The number of H-pyrrole nitrogens is 1. The number of nitrogens with one attached hydrogen (secondary N) is 2. The summed E-state index contributed by atoms with van der Waals surface area (Å²) < 4.78 is 0. The maximum absolute atomic E-state index is 5.41. The molecule has 1 rings (SSSR count). The number of nitrogens with zero attached hydrogens (tertiary/aromatic N) is 2. The highest BCUT2D eigenvalue weighted by atomic mass is 15.3. The number of nitrogen functional groups attached to an aromatic ring is 1. The van der Waals surface area contributed by atoms with Crippen LogP contribution in [0.25, 0.3) is 0 Å². The van der Waals surface area contributed by atoms with Gasteiger partial charge in [-0.3, -0.25) is 0 Å². The number of aromatic nitrogens is 3. The molecular weight excluding hydrogens is 178 g/mol. The lowest BCUT2D eigenvalue weighted by Crippen LogP contribution is -2.28. The van der Waals surface area contributed by atoms with Crippen LogP contribution in [0.1, 0.15) is 27.7 Å². The summed E-state index contributed by atoms with van der Waals surface area (Å²) in [6, 6.07) is 0. The van der Waals surface area contributed by atoms with Gasteiger partial charge in [0.2, 0.25) is 11.9 Å². The normalized spacial score (nSPS) is 12.1. The lowest BCUT2D eigenvalue weighted by molar-refractivity contribution is 0.269. The summed E-state index contributed by atoms with van der Waals surface area (Å²) >= 11 is 0. The first-order valence-electron chi connectivity index (χ1n) is 4.83. The van der Waals surface area contributed by atoms with Crippen LogP contribution in [0.5, 0.6) is 0 Å². The first-order chi connectivity index (χ1) is 6.42. The molecule has 0 unspecified atom stereocenters. The van der Waals surface area contributed by atoms with Crippen molar-refractivity contribution in [3.63, 3.8) is 0 Å². The molecule has 5 heteroatoms. The molecule has 0 amide bonds. The minimum absolute atomic E-state index is 0.218. The molecule has 0 saturated carbocycles. The van der Waals surface area contributed by atoms with Gasteiger partial charge in [-0.15, -0.1) is 5.10 Å². The summed E-state index contributed by atoms with van der Waals surface area (Å²) in [6.07, 6.45) is 0. The summed E-state index contributed by atoms with van der Waals surface area (Å²) in [5.41, 5.74) is 5.63. The lowest BCUT2D eigenvalue weighted by Gasteiger charge is -2.28. The Morgan fingerprint density at radius 1 is 1.50 bits per heavy atom. The number of anilines is 2. The molecule has 0 aliphatic carbocycles.